The van der Waals surface area contributed by atoms with E-state index < -0.39 is 17.8 Å². The predicted molar refractivity (Wildman–Crippen MR) is 141 cm³/mol. The number of piperazine rings is 1. The Balaban J connectivity index is 1.31. The van der Waals surface area contributed by atoms with Crippen molar-refractivity contribution in [3.05, 3.63) is 72.2 Å². The quantitative estimate of drug-likeness (QED) is 0.383. The van der Waals surface area contributed by atoms with Gasteiger partial charge < -0.3 is 15.5 Å². The molecule has 198 valence electrons. The van der Waals surface area contributed by atoms with Crippen molar-refractivity contribution in [1.29, 1.82) is 0 Å². The largest absolute Gasteiger partial charge is 0.416 e. The summed E-state index contributed by atoms with van der Waals surface area (Å²) in [5.74, 6) is 0. The molecule has 2 amide bonds. The lowest BCUT2D eigenvalue weighted by Crippen LogP contribution is -2.44. The SMILES string of the molecule is CN1CCN(Cc2ccc(NC(=O)Nc3cccc(-c4cncc5c4cnn5C)c3)cc2C(F)(F)F)CC1. The van der Waals surface area contributed by atoms with Gasteiger partial charge in [0, 0.05) is 68.3 Å². The number of nitrogens with zero attached hydrogens (tertiary/aromatic N) is 5. The number of anilines is 2. The average molecular weight is 524 g/mol. The van der Waals surface area contributed by atoms with Gasteiger partial charge in [-0.25, -0.2) is 4.79 Å². The number of rotatable bonds is 5. The third kappa shape index (κ3) is 5.63. The molecular formula is C27H28F3N7O. The molecule has 4 aromatic rings. The number of carbonyl (C=O) groups excluding carboxylic acids is 1. The van der Waals surface area contributed by atoms with Gasteiger partial charge in [0.2, 0.25) is 0 Å². The number of alkyl halides is 3. The first kappa shape index (κ1) is 25.7. The highest BCUT2D eigenvalue weighted by atomic mass is 19.4. The van der Waals surface area contributed by atoms with E-state index >= 15 is 0 Å². The number of amides is 2. The van der Waals surface area contributed by atoms with E-state index in [1.165, 1.54) is 12.1 Å². The van der Waals surface area contributed by atoms with Gasteiger partial charge in [0.05, 0.1) is 23.5 Å². The van der Waals surface area contributed by atoms with Gasteiger partial charge in [-0.3, -0.25) is 14.6 Å². The molecule has 0 radical (unpaired) electrons. The van der Waals surface area contributed by atoms with E-state index in [9.17, 15) is 18.0 Å². The molecule has 2 aromatic heterocycles. The second-order valence-corrected chi connectivity index (χ2v) is 9.50. The van der Waals surface area contributed by atoms with Crippen LogP contribution >= 0.6 is 0 Å². The Labute approximate surface area is 218 Å². The van der Waals surface area contributed by atoms with Gasteiger partial charge in [-0.2, -0.15) is 18.3 Å². The van der Waals surface area contributed by atoms with Crippen LogP contribution < -0.4 is 10.6 Å². The third-order valence-corrected chi connectivity index (χ3v) is 6.77. The van der Waals surface area contributed by atoms with E-state index in [0.29, 0.717) is 18.8 Å². The lowest BCUT2D eigenvalue weighted by Gasteiger charge is -2.33. The van der Waals surface area contributed by atoms with E-state index in [2.05, 4.69) is 25.6 Å². The average Bonchev–Trinajstić information content (AvgIpc) is 3.26. The van der Waals surface area contributed by atoms with Crippen molar-refractivity contribution >= 4 is 28.3 Å². The molecule has 2 N–H and O–H groups in total. The molecule has 38 heavy (non-hydrogen) atoms. The Hall–Kier alpha value is -3.96. The van der Waals surface area contributed by atoms with Gasteiger partial charge in [-0.05, 0) is 42.4 Å². The van der Waals surface area contributed by atoms with Crippen LogP contribution in [-0.4, -0.2) is 63.8 Å². The van der Waals surface area contributed by atoms with Gasteiger partial charge in [-0.15, -0.1) is 0 Å². The lowest BCUT2D eigenvalue weighted by molar-refractivity contribution is -0.138. The second-order valence-electron chi connectivity index (χ2n) is 9.50. The summed E-state index contributed by atoms with van der Waals surface area (Å²) >= 11 is 0. The zero-order chi connectivity index (χ0) is 26.9. The number of nitrogens with one attached hydrogen (secondary N) is 2. The maximum Gasteiger partial charge on any atom is 0.416 e. The zero-order valence-corrected chi connectivity index (χ0v) is 21.1. The maximum atomic E-state index is 13.9. The number of carbonyl (C=O) groups is 1. The van der Waals surface area contributed by atoms with Crippen LogP contribution in [0.1, 0.15) is 11.1 Å². The van der Waals surface area contributed by atoms with Crippen molar-refractivity contribution in [3.8, 4) is 11.1 Å². The summed E-state index contributed by atoms with van der Waals surface area (Å²) < 4.78 is 43.4. The maximum absolute atomic E-state index is 13.9. The monoisotopic (exact) mass is 523 g/mol. The van der Waals surface area contributed by atoms with Gasteiger partial charge in [-0.1, -0.05) is 18.2 Å². The van der Waals surface area contributed by atoms with Crippen LogP contribution in [0.4, 0.5) is 29.3 Å². The van der Waals surface area contributed by atoms with Crippen LogP contribution in [0.15, 0.2) is 61.1 Å². The van der Waals surface area contributed by atoms with E-state index in [4.69, 9.17) is 0 Å². The Bertz CT molecular complexity index is 1460. The minimum absolute atomic E-state index is 0.0671. The number of hydrogen-bond donors (Lipinski definition) is 2. The molecule has 0 saturated carbocycles. The summed E-state index contributed by atoms with van der Waals surface area (Å²) in [4.78, 5) is 21.1. The number of pyridine rings is 1. The van der Waals surface area contributed by atoms with Gasteiger partial charge >= 0.3 is 12.2 Å². The lowest BCUT2D eigenvalue weighted by atomic mass is 10.0. The number of urea groups is 1. The molecule has 5 rings (SSSR count). The first-order valence-electron chi connectivity index (χ1n) is 12.2. The molecule has 8 nitrogen and oxygen atoms in total. The van der Waals surface area contributed by atoms with E-state index in [1.807, 2.05) is 25.1 Å². The summed E-state index contributed by atoms with van der Waals surface area (Å²) in [7, 11) is 3.83. The summed E-state index contributed by atoms with van der Waals surface area (Å²) in [5, 5.41) is 10.4. The first-order chi connectivity index (χ1) is 18.2. The fourth-order valence-corrected chi connectivity index (χ4v) is 4.65. The van der Waals surface area contributed by atoms with Crippen molar-refractivity contribution in [2.24, 2.45) is 7.05 Å². The molecule has 1 fully saturated rings. The highest BCUT2D eigenvalue weighted by Gasteiger charge is 2.34. The molecule has 1 aliphatic rings. The Morgan fingerprint density at radius 2 is 1.68 bits per heavy atom. The van der Waals surface area contributed by atoms with E-state index in [-0.39, 0.29) is 17.8 Å². The summed E-state index contributed by atoms with van der Waals surface area (Å²) in [6.07, 6.45) is 0.676. The molecule has 0 bridgehead atoms. The molecule has 1 aliphatic heterocycles. The molecule has 1 saturated heterocycles. The normalized spacial score (nSPS) is 15.1. The number of benzene rings is 2. The number of halogens is 3. The fourth-order valence-electron chi connectivity index (χ4n) is 4.65. The zero-order valence-electron chi connectivity index (χ0n) is 21.1. The van der Waals surface area contributed by atoms with Crippen molar-refractivity contribution in [2.45, 2.75) is 12.7 Å². The van der Waals surface area contributed by atoms with E-state index in [1.54, 1.807) is 41.5 Å². The Kier molecular flexibility index (Phi) is 7.04. The third-order valence-electron chi connectivity index (χ3n) is 6.77. The van der Waals surface area contributed by atoms with Gasteiger partial charge in [0.1, 0.15) is 0 Å². The van der Waals surface area contributed by atoms with Gasteiger partial charge in [0.15, 0.2) is 0 Å². The summed E-state index contributed by atoms with van der Waals surface area (Å²) in [6, 6.07) is 10.5. The highest BCUT2D eigenvalue weighted by Crippen LogP contribution is 2.35. The smallest absolute Gasteiger partial charge is 0.308 e. The Morgan fingerprint density at radius 3 is 2.42 bits per heavy atom. The first-order valence-corrected chi connectivity index (χ1v) is 12.2. The molecule has 0 spiro atoms. The van der Waals surface area contributed by atoms with Crippen molar-refractivity contribution < 1.29 is 18.0 Å². The predicted octanol–water partition coefficient (Wildman–Crippen LogP) is 5.05. The number of aryl methyl sites for hydroxylation is 1. The highest BCUT2D eigenvalue weighted by molar-refractivity contribution is 6.01. The van der Waals surface area contributed by atoms with Crippen LogP contribution in [0.3, 0.4) is 0 Å². The van der Waals surface area contributed by atoms with Crippen molar-refractivity contribution in [3.63, 3.8) is 0 Å². The van der Waals surface area contributed by atoms with E-state index in [0.717, 1.165) is 41.2 Å². The Morgan fingerprint density at radius 1 is 0.947 bits per heavy atom. The van der Waals surface area contributed by atoms with Crippen LogP contribution in [0, 0.1) is 0 Å². The standard InChI is InChI=1S/C27H28F3N7O/c1-35-8-10-37(11-9-35)17-19-6-7-21(13-24(19)27(28,29)30)34-26(38)33-20-5-3-4-18(12-20)22-14-31-16-25-23(22)15-32-36(25)2/h3-7,12-16H,8-11,17H2,1-2H3,(H2,33,34,38). The summed E-state index contributed by atoms with van der Waals surface area (Å²) in [5.41, 5.74) is 2.55. The second kappa shape index (κ2) is 10.4. The molecule has 2 aromatic carbocycles. The minimum Gasteiger partial charge on any atom is -0.308 e. The molecule has 3 heterocycles. The molecule has 0 atom stereocenters. The van der Waals surface area contributed by atoms with Crippen molar-refractivity contribution in [2.75, 3.05) is 43.9 Å². The van der Waals surface area contributed by atoms with Gasteiger partial charge in [0.25, 0.3) is 0 Å². The molecule has 0 aliphatic carbocycles. The molecular weight excluding hydrogens is 495 g/mol. The topological polar surface area (TPSA) is 78.3 Å². The van der Waals surface area contributed by atoms with Crippen LogP contribution in [-0.2, 0) is 19.8 Å². The van der Waals surface area contributed by atoms with Crippen LogP contribution in [0.25, 0.3) is 22.0 Å². The van der Waals surface area contributed by atoms with Crippen LogP contribution in [0.2, 0.25) is 0 Å². The van der Waals surface area contributed by atoms with Crippen molar-refractivity contribution in [1.82, 2.24) is 24.6 Å². The number of fused-ring (bicyclic) bond motifs is 1. The minimum atomic E-state index is -4.54. The van der Waals surface area contributed by atoms with Crippen LogP contribution in [0.5, 0.6) is 0 Å². The molecule has 0 unspecified atom stereocenters. The number of likely N-dealkylation sites (N-methyl/N-ethyl adjacent to an activating group) is 1. The fraction of sp³-hybridized carbons (Fsp3) is 0.296. The number of hydrogen-bond acceptors (Lipinski definition) is 5. The summed E-state index contributed by atoms with van der Waals surface area (Å²) in [6.45, 7) is 3.26. The molecule has 11 heteroatoms. The number of aromatic nitrogens is 3.